The number of unbranched alkanes of at least 4 members (excludes halogenated alkanes) is 5. The summed E-state index contributed by atoms with van der Waals surface area (Å²) in [5.41, 5.74) is 2.36. The summed E-state index contributed by atoms with van der Waals surface area (Å²) < 4.78 is 13.4. The van der Waals surface area contributed by atoms with Gasteiger partial charge in [-0.1, -0.05) is 108 Å². The molecule has 2 aromatic carbocycles. The van der Waals surface area contributed by atoms with Crippen LogP contribution in [-0.4, -0.2) is 19.8 Å². The van der Waals surface area contributed by atoms with Gasteiger partial charge in [0.05, 0.1) is 13.2 Å². The van der Waals surface area contributed by atoms with Crippen LogP contribution in [0.2, 0.25) is 0 Å². The number of anilines is 1. The number of hydrogen-bond acceptors (Lipinski definition) is 3. The van der Waals surface area contributed by atoms with E-state index in [2.05, 4.69) is 86.8 Å². The Hall–Kier alpha value is -1.84. The van der Waals surface area contributed by atoms with E-state index in [1.165, 1.54) is 49.8 Å². The van der Waals surface area contributed by atoms with E-state index in [0.29, 0.717) is 19.1 Å². The lowest BCUT2D eigenvalue weighted by Crippen LogP contribution is -2.42. The van der Waals surface area contributed by atoms with E-state index in [0.717, 1.165) is 38.6 Å². The van der Waals surface area contributed by atoms with Crippen molar-refractivity contribution < 1.29 is 9.47 Å². The zero-order valence-corrected chi connectivity index (χ0v) is 22.1. The van der Waals surface area contributed by atoms with Gasteiger partial charge in [-0.2, -0.15) is 0 Å². The van der Waals surface area contributed by atoms with Crippen molar-refractivity contribution in [3.8, 4) is 0 Å². The van der Waals surface area contributed by atoms with E-state index >= 15 is 0 Å². The van der Waals surface area contributed by atoms with Crippen LogP contribution >= 0.6 is 0 Å². The van der Waals surface area contributed by atoms with Gasteiger partial charge >= 0.3 is 0 Å². The van der Waals surface area contributed by atoms with Crippen molar-refractivity contribution >= 4 is 5.69 Å². The van der Waals surface area contributed by atoms with Gasteiger partial charge < -0.3 is 14.8 Å². The average Bonchev–Trinajstić information content (AvgIpc) is 2.89. The van der Waals surface area contributed by atoms with Gasteiger partial charge in [0.2, 0.25) is 0 Å². The Bertz CT molecular complexity index is 711. The Kier molecular flexibility index (Phi) is 14.7. The Morgan fingerprint density at radius 2 is 1.21 bits per heavy atom. The molecule has 0 bridgehead atoms. The minimum absolute atomic E-state index is 0.330. The normalized spacial score (nSPS) is 12.6. The molecular weight excluding hydrogens is 418 g/mol. The molecule has 0 heterocycles. The summed E-state index contributed by atoms with van der Waals surface area (Å²) in [6.45, 7) is 9.04. The molecule has 1 unspecified atom stereocenters. The number of ether oxygens (including phenoxy) is 2. The summed E-state index contributed by atoms with van der Waals surface area (Å²) in [6, 6.07) is 21.2. The van der Waals surface area contributed by atoms with E-state index in [1.807, 2.05) is 0 Å². The van der Waals surface area contributed by atoms with Crippen LogP contribution in [0, 0.1) is 5.92 Å². The maximum Gasteiger partial charge on any atom is 0.197 e. The molecule has 1 N–H and O–H groups in total. The van der Waals surface area contributed by atoms with Crippen LogP contribution in [0.25, 0.3) is 0 Å². The first-order valence-electron chi connectivity index (χ1n) is 13.9. The molecule has 190 valence electrons. The highest BCUT2D eigenvalue weighted by Crippen LogP contribution is 2.41. The lowest BCUT2D eigenvalue weighted by molar-refractivity contribution is -0.281. The summed E-state index contributed by atoms with van der Waals surface area (Å²) in [5, 5.41) is 3.59. The third-order valence-corrected chi connectivity index (χ3v) is 6.49. The Balaban J connectivity index is 2.16. The molecule has 3 heteroatoms. The molecule has 0 saturated heterocycles. The molecule has 0 spiro atoms. The third kappa shape index (κ3) is 9.80. The number of benzene rings is 2. The molecule has 0 radical (unpaired) electrons. The topological polar surface area (TPSA) is 30.5 Å². The van der Waals surface area contributed by atoms with Gasteiger partial charge in [-0.25, -0.2) is 0 Å². The maximum atomic E-state index is 6.70. The molecule has 0 fully saturated rings. The van der Waals surface area contributed by atoms with Crippen LogP contribution in [0.4, 0.5) is 5.69 Å². The van der Waals surface area contributed by atoms with Crippen molar-refractivity contribution in [2.45, 2.75) is 97.2 Å². The first-order chi connectivity index (χ1) is 16.8. The van der Waals surface area contributed by atoms with Gasteiger partial charge in [-0.05, 0) is 44.2 Å². The number of hydrogen-bond donors (Lipinski definition) is 1. The zero-order chi connectivity index (χ0) is 24.3. The largest absolute Gasteiger partial charge is 0.385 e. The smallest absolute Gasteiger partial charge is 0.197 e. The van der Waals surface area contributed by atoms with Gasteiger partial charge in [-0.15, -0.1) is 0 Å². The van der Waals surface area contributed by atoms with Gasteiger partial charge in [0.1, 0.15) is 0 Å². The van der Waals surface area contributed by atoms with Crippen LogP contribution in [0.1, 0.15) is 97.0 Å². The van der Waals surface area contributed by atoms with Gasteiger partial charge in [0, 0.05) is 23.7 Å². The molecule has 0 aliphatic heterocycles. The van der Waals surface area contributed by atoms with E-state index < -0.39 is 5.79 Å². The number of para-hydroxylation sites is 1. The van der Waals surface area contributed by atoms with E-state index in [9.17, 15) is 0 Å². The fourth-order valence-corrected chi connectivity index (χ4v) is 4.69. The summed E-state index contributed by atoms with van der Waals surface area (Å²) in [4.78, 5) is 0. The molecule has 0 aromatic heterocycles. The van der Waals surface area contributed by atoms with Crippen molar-refractivity contribution in [3.63, 3.8) is 0 Å². The average molecular weight is 468 g/mol. The fourth-order valence-electron chi connectivity index (χ4n) is 4.69. The minimum Gasteiger partial charge on any atom is -0.385 e. The van der Waals surface area contributed by atoms with Crippen LogP contribution in [-0.2, 0) is 15.3 Å². The highest BCUT2D eigenvalue weighted by molar-refractivity contribution is 5.42. The molecule has 2 aromatic rings. The highest BCUT2D eigenvalue weighted by Gasteiger charge is 2.42. The monoisotopic (exact) mass is 467 g/mol. The van der Waals surface area contributed by atoms with Crippen molar-refractivity contribution in [3.05, 3.63) is 66.2 Å². The predicted molar refractivity (Wildman–Crippen MR) is 146 cm³/mol. The van der Waals surface area contributed by atoms with Crippen molar-refractivity contribution in [1.82, 2.24) is 0 Å². The highest BCUT2D eigenvalue weighted by atomic mass is 16.7. The summed E-state index contributed by atoms with van der Waals surface area (Å²) in [7, 11) is 0. The second-order valence-corrected chi connectivity index (χ2v) is 9.42. The van der Waals surface area contributed by atoms with Crippen molar-refractivity contribution in [2.24, 2.45) is 5.92 Å². The first kappa shape index (κ1) is 28.4. The van der Waals surface area contributed by atoms with E-state index in [1.54, 1.807) is 0 Å². The molecule has 3 nitrogen and oxygen atoms in total. The summed E-state index contributed by atoms with van der Waals surface area (Å²) >= 11 is 0. The lowest BCUT2D eigenvalue weighted by atomic mass is 9.83. The molecule has 0 aliphatic rings. The molecule has 0 saturated carbocycles. The van der Waals surface area contributed by atoms with Crippen LogP contribution in [0.15, 0.2) is 60.7 Å². The number of rotatable bonds is 20. The second-order valence-electron chi connectivity index (χ2n) is 9.42. The van der Waals surface area contributed by atoms with Crippen LogP contribution < -0.4 is 5.32 Å². The third-order valence-electron chi connectivity index (χ3n) is 6.49. The van der Waals surface area contributed by atoms with Crippen LogP contribution in [0.3, 0.4) is 0 Å². The summed E-state index contributed by atoms with van der Waals surface area (Å²) in [5.74, 6) is -0.333. The molecular formula is C31H49NO2. The Labute approximate surface area is 209 Å². The molecule has 0 aliphatic carbocycles. The van der Waals surface area contributed by atoms with Crippen molar-refractivity contribution in [1.29, 1.82) is 0 Å². The fraction of sp³-hybridized carbons (Fsp3) is 0.613. The van der Waals surface area contributed by atoms with Gasteiger partial charge in [0.25, 0.3) is 0 Å². The van der Waals surface area contributed by atoms with E-state index in [-0.39, 0.29) is 0 Å². The SMILES string of the molecule is CCCCCCCCC(CCCNc1ccccc1)C(OCCC)(OCCC)c1ccccc1. The Morgan fingerprint density at radius 1 is 0.647 bits per heavy atom. The predicted octanol–water partition coefficient (Wildman–Crippen LogP) is 8.95. The quantitative estimate of drug-likeness (QED) is 0.156. The molecule has 0 amide bonds. The van der Waals surface area contributed by atoms with Gasteiger partial charge in [0.15, 0.2) is 5.79 Å². The first-order valence-corrected chi connectivity index (χ1v) is 13.9. The summed E-state index contributed by atoms with van der Waals surface area (Å²) in [6.07, 6.45) is 13.2. The maximum absolute atomic E-state index is 6.70. The second kappa shape index (κ2) is 17.6. The number of nitrogens with one attached hydrogen (secondary N) is 1. The van der Waals surface area contributed by atoms with E-state index in [4.69, 9.17) is 9.47 Å². The molecule has 1 atom stereocenters. The molecule has 34 heavy (non-hydrogen) atoms. The van der Waals surface area contributed by atoms with Crippen molar-refractivity contribution in [2.75, 3.05) is 25.1 Å². The minimum atomic E-state index is -0.663. The van der Waals surface area contributed by atoms with Gasteiger partial charge in [-0.3, -0.25) is 0 Å². The molecule has 2 rings (SSSR count). The lowest BCUT2D eigenvalue weighted by Gasteiger charge is -2.41. The Morgan fingerprint density at radius 3 is 1.82 bits per heavy atom. The van der Waals surface area contributed by atoms with Crippen LogP contribution in [0.5, 0.6) is 0 Å². The zero-order valence-electron chi connectivity index (χ0n) is 22.1. The standard InChI is InChI=1S/C31H49NO2/c1-4-7-8-9-10-13-19-29(22-18-25-32-30-23-16-12-17-24-30)31(33-26-5-2,34-27-6-3)28-20-14-11-15-21-28/h11-12,14-17,20-21,23-24,29,32H,4-10,13,18-19,22,25-27H2,1-3H3.